The lowest BCUT2D eigenvalue weighted by Crippen LogP contribution is -2.26. The zero-order valence-electron chi connectivity index (χ0n) is 7.31. The minimum Gasteiger partial charge on any atom is -0.300 e. The maximum atomic E-state index is 7.61. The van der Waals surface area contributed by atoms with E-state index in [4.69, 9.17) is 21.6 Å². The minimum absolute atomic E-state index is 0.204. The normalized spacial score (nSPS) is 10.6. The highest BCUT2D eigenvalue weighted by Crippen LogP contribution is 1.75. The molecule has 0 fully saturated rings. The van der Waals surface area contributed by atoms with Gasteiger partial charge in [0.2, 0.25) is 0 Å². The Morgan fingerprint density at radius 2 is 0.714 bits per heavy atom. The molecule has 0 spiro atoms. The maximum absolute atomic E-state index is 7.61. The summed E-state index contributed by atoms with van der Waals surface area (Å²) in [5.41, 5.74) is 0. The summed E-state index contributed by atoms with van der Waals surface area (Å²) in [7, 11) is 0. The highest BCUT2D eigenvalue weighted by Gasteiger charge is 1.96. The standard InChI is InChI=1S/C10H8N4/c11-5-1-2-6(12)10-8(14)4-3-7(13)9(5)10/h1-4,11-14H. The van der Waals surface area contributed by atoms with E-state index in [9.17, 15) is 0 Å². The number of rotatable bonds is 0. The number of hydrogen-bond donors (Lipinski definition) is 4. The van der Waals surface area contributed by atoms with Gasteiger partial charge in [0.25, 0.3) is 0 Å². The van der Waals surface area contributed by atoms with Gasteiger partial charge in [-0.3, -0.25) is 0 Å². The second kappa shape index (κ2) is 2.70. The molecule has 0 bridgehead atoms. The Kier molecular flexibility index (Phi) is 1.64. The van der Waals surface area contributed by atoms with Gasteiger partial charge in [0.05, 0.1) is 21.4 Å². The van der Waals surface area contributed by atoms with E-state index in [1.807, 2.05) is 0 Å². The van der Waals surface area contributed by atoms with Gasteiger partial charge >= 0.3 is 0 Å². The molecular formula is C10H8N4. The van der Waals surface area contributed by atoms with Crippen LogP contribution in [-0.2, 0) is 0 Å². The molecule has 4 N–H and O–H groups in total. The summed E-state index contributed by atoms with van der Waals surface area (Å²) in [5, 5.41) is 32.0. The smallest absolute Gasteiger partial charge is 0.0642 e. The van der Waals surface area contributed by atoms with Crippen LogP contribution < -0.4 is 21.4 Å². The molecule has 2 aliphatic rings. The van der Waals surface area contributed by atoms with Crippen LogP contribution in [0.1, 0.15) is 0 Å². The molecule has 2 rings (SSSR count). The SMILES string of the molecule is N=c1ccc(=N)c2c(=N)ccc(=N)c1=2. The molecule has 0 heterocycles. The van der Waals surface area contributed by atoms with E-state index in [1.165, 1.54) is 24.3 Å². The molecule has 14 heavy (non-hydrogen) atoms. The van der Waals surface area contributed by atoms with E-state index in [2.05, 4.69) is 0 Å². The van der Waals surface area contributed by atoms with E-state index in [0.717, 1.165) is 0 Å². The first-order valence-electron chi connectivity index (χ1n) is 4.07. The molecule has 0 unspecified atom stereocenters. The number of hydrogen-bond acceptors (Lipinski definition) is 4. The third-order valence-corrected chi connectivity index (χ3v) is 2.16. The van der Waals surface area contributed by atoms with E-state index >= 15 is 0 Å². The first kappa shape index (κ1) is 8.50. The molecule has 0 aromatic rings. The van der Waals surface area contributed by atoms with Gasteiger partial charge in [-0.05, 0) is 24.3 Å². The summed E-state index contributed by atoms with van der Waals surface area (Å²) in [6.07, 6.45) is 0. The van der Waals surface area contributed by atoms with Gasteiger partial charge in [0.1, 0.15) is 0 Å². The van der Waals surface area contributed by atoms with E-state index in [0.29, 0.717) is 10.4 Å². The molecular weight excluding hydrogens is 176 g/mol. The van der Waals surface area contributed by atoms with Crippen molar-refractivity contribution in [3.05, 3.63) is 56.1 Å². The molecule has 2 aliphatic carbocycles. The summed E-state index contributed by atoms with van der Waals surface area (Å²) in [4.78, 5) is 0. The zero-order valence-corrected chi connectivity index (χ0v) is 7.31. The van der Waals surface area contributed by atoms with Crippen LogP contribution in [0.15, 0.2) is 24.3 Å². The third-order valence-electron chi connectivity index (χ3n) is 2.16. The Labute approximate surface area is 78.5 Å². The van der Waals surface area contributed by atoms with Crippen molar-refractivity contribution in [2.45, 2.75) is 0 Å². The average molecular weight is 184 g/mol. The van der Waals surface area contributed by atoms with Crippen molar-refractivity contribution in [1.82, 2.24) is 0 Å². The van der Waals surface area contributed by atoms with Gasteiger partial charge in [0.15, 0.2) is 0 Å². The zero-order chi connectivity index (χ0) is 10.3. The Balaban J connectivity index is 3.58. The van der Waals surface area contributed by atoms with Crippen LogP contribution in [0.3, 0.4) is 0 Å². The predicted octanol–water partition coefficient (Wildman–Crippen LogP) is -0.795. The Bertz CT molecular complexity index is 623. The summed E-state index contributed by atoms with van der Waals surface area (Å²) >= 11 is 0. The van der Waals surface area contributed by atoms with Crippen LogP contribution >= 0.6 is 0 Å². The van der Waals surface area contributed by atoms with Crippen LogP contribution in [0, 0.1) is 32.1 Å². The highest BCUT2D eigenvalue weighted by molar-refractivity contribution is 5.13. The van der Waals surface area contributed by atoms with Crippen molar-refractivity contribution >= 4 is 0 Å². The van der Waals surface area contributed by atoms with Crippen LogP contribution in [0.2, 0.25) is 0 Å². The van der Waals surface area contributed by atoms with Crippen molar-refractivity contribution in [3.8, 4) is 0 Å². The molecule has 0 amide bonds. The first-order chi connectivity index (χ1) is 6.61. The van der Waals surface area contributed by atoms with Gasteiger partial charge in [-0.1, -0.05) is 0 Å². The van der Waals surface area contributed by atoms with Gasteiger partial charge < -0.3 is 21.6 Å². The molecule has 4 nitrogen and oxygen atoms in total. The quantitative estimate of drug-likeness (QED) is 0.412. The lowest BCUT2D eigenvalue weighted by Gasteiger charge is -1.92. The van der Waals surface area contributed by atoms with Gasteiger partial charge in [-0.2, -0.15) is 0 Å². The second-order valence-corrected chi connectivity index (χ2v) is 3.07. The topological polar surface area (TPSA) is 95.4 Å². The fraction of sp³-hybridized carbons (Fsp3) is 0. The van der Waals surface area contributed by atoms with Crippen LogP contribution in [0.25, 0.3) is 0 Å². The summed E-state index contributed by atoms with van der Waals surface area (Å²) in [5.74, 6) is 0. The van der Waals surface area contributed by atoms with Crippen molar-refractivity contribution in [2.75, 3.05) is 0 Å². The molecule has 0 saturated carbocycles. The van der Waals surface area contributed by atoms with Crippen molar-refractivity contribution in [3.63, 3.8) is 0 Å². The lowest BCUT2D eigenvalue weighted by molar-refractivity contribution is 1.06. The first-order valence-corrected chi connectivity index (χ1v) is 4.07. The van der Waals surface area contributed by atoms with E-state index in [1.54, 1.807) is 0 Å². The predicted molar refractivity (Wildman–Crippen MR) is 47.5 cm³/mol. The summed E-state index contributed by atoms with van der Waals surface area (Å²) < 4.78 is 0. The van der Waals surface area contributed by atoms with Crippen molar-refractivity contribution < 1.29 is 0 Å². The minimum atomic E-state index is 0.204. The molecule has 0 radical (unpaired) electrons. The van der Waals surface area contributed by atoms with E-state index in [-0.39, 0.29) is 21.4 Å². The van der Waals surface area contributed by atoms with Gasteiger partial charge in [-0.25, -0.2) is 0 Å². The van der Waals surface area contributed by atoms with Crippen LogP contribution in [0.4, 0.5) is 0 Å². The van der Waals surface area contributed by atoms with Gasteiger partial charge in [0, 0.05) is 10.4 Å². The summed E-state index contributed by atoms with van der Waals surface area (Å²) in [6.45, 7) is 0. The average Bonchev–Trinajstić information content (AvgIpc) is 2.16. The number of nitrogens with one attached hydrogen (secondary N) is 4. The molecule has 0 aliphatic heterocycles. The largest absolute Gasteiger partial charge is 0.300 e. The fourth-order valence-electron chi connectivity index (χ4n) is 1.50. The molecule has 0 aromatic heterocycles. The Morgan fingerprint density at radius 3 is 0.929 bits per heavy atom. The monoisotopic (exact) mass is 184 g/mol. The van der Waals surface area contributed by atoms with Crippen molar-refractivity contribution in [1.29, 1.82) is 21.6 Å². The van der Waals surface area contributed by atoms with Crippen LogP contribution in [-0.4, -0.2) is 0 Å². The molecule has 0 atom stereocenters. The van der Waals surface area contributed by atoms with E-state index < -0.39 is 0 Å². The summed E-state index contributed by atoms with van der Waals surface area (Å²) in [6, 6.07) is 5.95. The lowest BCUT2D eigenvalue weighted by atomic mass is 10.1. The molecule has 0 aromatic carbocycles. The molecule has 0 saturated heterocycles. The molecule has 4 heteroatoms. The highest BCUT2D eigenvalue weighted by atomic mass is 14.4. The fourth-order valence-corrected chi connectivity index (χ4v) is 1.50. The second-order valence-electron chi connectivity index (χ2n) is 3.07. The Morgan fingerprint density at radius 1 is 0.500 bits per heavy atom. The Hall–Kier alpha value is -2.10. The molecule has 68 valence electrons. The van der Waals surface area contributed by atoms with Crippen molar-refractivity contribution in [2.24, 2.45) is 0 Å². The van der Waals surface area contributed by atoms with Crippen LogP contribution in [0.5, 0.6) is 0 Å². The maximum Gasteiger partial charge on any atom is 0.0642 e. The van der Waals surface area contributed by atoms with Gasteiger partial charge in [-0.15, -0.1) is 0 Å². The third kappa shape index (κ3) is 1.01.